The Kier molecular flexibility index (Phi) is 4.06. The minimum absolute atomic E-state index is 0.142. The Labute approximate surface area is 105 Å². The zero-order chi connectivity index (χ0) is 13.1. The molecule has 1 aromatic carbocycles. The van der Waals surface area contributed by atoms with Crippen molar-refractivity contribution in [3.05, 3.63) is 35.6 Å². The number of hydrogen-bond acceptors (Lipinski definition) is 4. The van der Waals surface area contributed by atoms with Crippen LogP contribution in [0.1, 0.15) is 12.5 Å². The first kappa shape index (κ1) is 13.1. The molecule has 0 saturated carbocycles. The number of aliphatic hydroxyl groups is 1. The lowest BCUT2D eigenvalue weighted by molar-refractivity contribution is -0.205. The summed E-state index contributed by atoms with van der Waals surface area (Å²) < 4.78 is 18.0. The Morgan fingerprint density at radius 1 is 1.50 bits per heavy atom. The molecule has 98 valence electrons. The van der Waals surface area contributed by atoms with Gasteiger partial charge in [-0.25, -0.2) is 4.39 Å². The maximum absolute atomic E-state index is 12.8. The number of nitrogens with zero attached hydrogens (tertiary/aromatic N) is 1. The van der Waals surface area contributed by atoms with Gasteiger partial charge in [0.2, 0.25) is 0 Å². The van der Waals surface area contributed by atoms with Gasteiger partial charge in [-0.05, 0) is 24.6 Å². The normalized spacial score (nSPS) is 29.2. The summed E-state index contributed by atoms with van der Waals surface area (Å²) in [6.07, 6.45) is -0.566. The molecule has 4 nitrogen and oxygen atoms in total. The van der Waals surface area contributed by atoms with E-state index in [1.807, 2.05) is 11.8 Å². The quantitative estimate of drug-likeness (QED) is 0.814. The highest BCUT2D eigenvalue weighted by atomic mass is 19.1. The largest absolute Gasteiger partial charge is 0.366 e. The summed E-state index contributed by atoms with van der Waals surface area (Å²) in [5, 5.41) is 9.68. The number of aldehydes is 1. The number of benzene rings is 1. The van der Waals surface area contributed by atoms with Crippen molar-refractivity contribution in [3.8, 4) is 0 Å². The van der Waals surface area contributed by atoms with Crippen LogP contribution < -0.4 is 0 Å². The third kappa shape index (κ3) is 2.93. The van der Waals surface area contributed by atoms with E-state index >= 15 is 0 Å². The molecule has 0 aromatic heterocycles. The van der Waals surface area contributed by atoms with Gasteiger partial charge in [0, 0.05) is 13.1 Å². The maximum Gasteiger partial charge on any atom is 0.177 e. The molecule has 1 N–H and O–H groups in total. The summed E-state index contributed by atoms with van der Waals surface area (Å²) in [7, 11) is 0. The first-order valence-electron chi connectivity index (χ1n) is 5.87. The highest BCUT2D eigenvalue weighted by Gasteiger charge is 2.33. The summed E-state index contributed by atoms with van der Waals surface area (Å²) in [5.74, 6) is -0.291. The van der Waals surface area contributed by atoms with Crippen molar-refractivity contribution in [2.75, 3.05) is 6.54 Å². The molecule has 3 unspecified atom stereocenters. The molecular formula is C13H16FNO3. The zero-order valence-electron chi connectivity index (χ0n) is 10.1. The van der Waals surface area contributed by atoms with Crippen LogP contribution in [0.2, 0.25) is 0 Å². The van der Waals surface area contributed by atoms with E-state index in [-0.39, 0.29) is 11.9 Å². The lowest BCUT2D eigenvalue weighted by Crippen LogP contribution is -2.54. The Morgan fingerprint density at radius 3 is 2.78 bits per heavy atom. The second kappa shape index (κ2) is 5.56. The first-order valence-corrected chi connectivity index (χ1v) is 5.87. The summed E-state index contributed by atoms with van der Waals surface area (Å²) >= 11 is 0. The van der Waals surface area contributed by atoms with Crippen molar-refractivity contribution in [2.45, 2.75) is 31.9 Å². The van der Waals surface area contributed by atoms with E-state index in [2.05, 4.69) is 0 Å². The van der Waals surface area contributed by atoms with Crippen molar-refractivity contribution in [3.63, 3.8) is 0 Å². The Morgan fingerprint density at radius 2 is 2.17 bits per heavy atom. The molecule has 3 atom stereocenters. The molecular weight excluding hydrogens is 237 g/mol. The predicted octanol–water partition coefficient (Wildman–Crippen LogP) is 0.932. The SMILES string of the molecule is CC1CN(Cc2ccc(F)cc2)C(C=O)C(O)O1. The van der Waals surface area contributed by atoms with Gasteiger partial charge in [-0.1, -0.05) is 12.1 Å². The standard InChI is InChI=1S/C13H16FNO3/c1-9-6-15(12(8-16)13(17)18-9)7-10-2-4-11(14)5-3-10/h2-5,8-9,12-13,17H,6-7H2,1H3. The summed E-state index contributed by atoms with van der Waals surface area (Å²) in [5.41, 5.74) is 0.893. The smallest absolute Gasteiger partial charge is 0.177 e. The second-order valence-electron chi connectivity index (χ2n) is 4.52. The fraction of sp³-hybridized carbons (Fsp3) is 0.462. The average molecular weight is 253 g/mol. The highest BCUT2D eigenvalue weighted by Crippen LogP contribution is 2.18. The Balaban J connectivity index is 2.10. The molecule has 1 aliphatic rings. The van der Waals surface area contributed by atoms with Gasteiger partial charge in [0.1, 0.15) is 18.1 Å². The predicted molar refractivity (Wildman–Crippen MR) is 63.2 cm³/mol. The van der Waals surface area contributed by atoms with Crippen LogP contribution in [0.25, 0.3) is 0 Å². The number of halogens is 1. The molecule has 0 aliphatic carbocycles. The third-order valence-electron chi connectivity index (χ3n) is 3.02. The maximum atomic E-state index is 12.8. The number of hydrogen-bond donors (Lipinski definition) is 1. The van der Waals surface area contributed by atoms with E-state index < -0.39 is 12.3 Å². The van der Waals surface area contributed by atoms with Gasteiger partial charge < -0.3 is 14.6 Å². The topological polar surface area (TPSA) is 49.8 Å². The number of ether oxygens (including phenoxy) is 1. The molecule has 1 heterocycles. The number of carbonyl (C=O) groups excluding carboxylic acids is 1. The highest BCUT2D eigenvalue weighted by molar-refractivity contribution is 5.58. The van der Waals surface area contributed by atoms with Gasteiger partial charge >= 0.3 is 0 Å². The first-order chi connectivity index (χ1) is 8.60. The fourth-order valence-electron chi connectivity index (χ4n) is 2.14. The van der Waals surface area contributed by atoms with Crippen molar-refractivity contribution < 1.29 is 19.0 Å². The Hall–Kier alpha value is -1.30. The van der Waals surface area contributed by atoms with Crippen LogP contribution in [0.3, 0.4) is 0 Å². The van der Waals surface area contributed by atoms with Crippen LogP contribution in [-0.2, 0) is 16.1 Å². The monoisotopic (exact) mass is 253 g/mol. The van der Waals surface area contributed by atoms with E-state index in [1.165, 1.54) is 12.1 Å². The van der Waals surface area contributed by atoms with Gasteiger partial charge in [-0.2, -0.15) is 0 Å². The van der Waals surface area contributed by atoms with Gasteiger partial charge in [-0.15, -0.1) is 0 Å². The van der Waals surface area contributed by atoms with Crippen LogP contribution in [0, 0.1) is 5.82 Å². The van der Waals surface area contributed by atoms with E-state index in [4.69, 9.17) is 4.74 Å². The third-order valence-corrected chi connectivity index (χ3v) is 3.02. The number of aliphatic hydroxyl groups excluding tert-OH is 1. The molecule has 1 aliphatic heterocycles. The van der Waals surface area contributed by atoms with Crippen LogP contribution in [-0.4, -0.2) is 41.3 Å². The average Bonchev–Trinajstić information content (AvgIpc) is 2.32. The zero-order valence-corrected chi connectivity index (χ0v) is 10.1. The minimum Gasteiger partial charge on any atom is -0.366 e. The molecule has 0 radical (unpaired) electrons. The molecule has 0 spiro atoms. The van der Waals surface area contributed by atoms with E-state index in [1.54, 1.807) is 12.1 Å². The fourth-order valence-corrected chi connectivity index (χ4v) is 2.14. The van der Waals surface area contributed by atoms with E-state index in [0.717, 1.165) is 5.56 Å². The van der Waals surface area contributed by atoms with Gasteiger partial charge in [0.25, 0.3) is 0 Å². The Bertz CT molecular complexity index is 409. The van der Waals surface area contributed by atoms with E-state index in [0.29, 0.717) is 19.4 Å². The molecule has 1 saturated heterocycles. The van der Waals surface area contributed by atoms with Gasteiger partial charge in [0.15, 0.2) is 6.29 Å². The summed E-state index contributed by atoms with van der Waals surface area (Å²) in [4.78, 5) is 12.8. The van der Waals surface area contributed by atoms with Gasteiger partial charge in [-0.3, -0.25) is 4.90 Å². The summed E-state index contributed by atoms with van der Waals surface area (Å²) in [6, 6.07) is 5.43. The van der Waals surface area contributed by atoms with Crippen LogP contribution >= 0.6 is 0 Å². The number of carbonyl (C=O) groups is 1. The summed E-state index contributed by atoms with van der Waals surface area (Å²) in [6.45, 7) is 2.87. The molecule has 18 heavy (non-hydrogen) atoms. The van der Waals surface area contributed by atoms with Crippen LogP contribution in [0.5, 0.6) is 0 Å². The van der Waals surface area contributed by atoms with Crippen molar-refractivity contribution >= 4 is 6.29 Å². The van der Waals surface area contributed by atoms with Gasteiger partial charge in [0.05, 0.1) is 6.10 Å². The molecule has 2 rings (SSSR count). The van der Waals surface area contributed by atoms with Crippen molar-refractivity contribution in [2.24, 2.45) is 0 Å². The number of morpholine rings is 1. The molecule has 0 bridgehead atoms. The molecule has 1 fully saturated rings. The van der Waals surface area contributed by atoms with Crippen molar-refractivity contribution in [1.29, 1.82) is 0 Å². The lowest BCUT2D eigenvalue weighted by atomic mass is 10.1. The molecule has 0 amide bonds. The van der Waals surface area contributed by atoms with E-state index in [9.17, 15) is 14.3 Å². The molecule has 5 heteroatoms. The van der Waals surface area contributed by atoms with Crippen molar-refractivity contribution in [1.82, 2.24) is 4.90 Å². The number of rotatable bonds is 3. The van der Waals surface area contributed by atoms with Crippen LogP contribution in [0.15, 0.2) is 24.3 Å². The minimum atomic E-state index is -1.10. The second-order valence-corrected chi connectivity index (χ2v) is 4.52. The lowest BCUT2D eigenvalue weighted by Gasteiger charge is -2.39. The molecule has 1 aromatic rings. The van der Waals surface area contributed by atoms with Crippen LogP contribution in [0.4, 0.5) is 4.39 Å².